The Bertz CT molecular complexity index is 510. The number of hydrogen-bond donors (Lipinski definition) is 0. The molecule has 1 aromatic carbocycles. The molecule has 0 spiro atoms. The summed E-state index contributed by atoms with van der Waals surface area (Å²) in [5.74, 6) is 0.775. The Morgan fingerprint density at radius 2 is 1.39 bits per heavy atom. The molecule has 0 saturated carbocycles. The summed E-state index contributed by atoms with van der Waals surface area (Å²) < 4.78 is 11.1. The number of esters is 1. The molecular weight excluding hydrogens is 288 g/mol. The molecule has 0 radical (unpaired) electrons. The molecule has 0 aliphatic heterocycles. The molecule has 0 N–H and O–H groups in total. The van der Waals surface area contributed by atoms with Crippen molar-refractivity contribution in [3.8, 4) is 5.75 Å². The Labute approximate surface area is 141 Å². The highest BCUT2D eigenvalue weighted by Gasteiger charge is 2.28. The van der Waals surface area contributed by atoms with Crippen molar-refractivity contribution in [2.75, 3.05) is 13.2 Å². The molecule has 1 aromatic rings. The molecule has 0 heterocycles. The van der Waals surface area contributed by atoms with Crippen molar-refractivity contribution in [2.24, 2.45) is 0 Å². The van der Waals surface area contributed by atoms with Gasteiger partial charge in [0.2, 0.25) is 0 Å². The minimum Gasteiger partial charge on any atom is -0.493 e. The minimum absolute atomic E-state index is 0.0603. The van der Waals surface area contributed by atoms with Crippen molar-refractivity contribution < 1.29 is 14.3 Å². The highest BCUT2D eigenvalue weighted by molar-refractivity contribution is 5.73. The van der Waals surface area contributed by atoms with Gasteiger partial charge in [0.05, 0.1) is 19.6 Å². The van der Waals surface area contributed by atoms with E-state index in [0.717, 1.165) is 22.4 Å². The second-order valence-corrected chi connectivity index (χ2v) is 7.93. The van der Waals surface area contributed by atoms with E-state index < -0.39 is 0 Å². The SMILES string of the molecule is CCOC(=O)Cc1cc(C(C)(C)C)c(OCC)c(C(C)(C)C)c1. The van der Waals surface area contributed by atoms with Gasteiger partial charge in [-0.1, -0.05) is 53.7 Å². The monoisotopic (exact) mass is 320 g/mol. The number of benzene rings is 1. The van der Waals surface area contributed by atoms with Gasteiger partial charge in [-0.25, -0.2) is 0 Å². The molecule has 0 aliphatic rings. The molecule has 130 valence electrons. The molecule has 0 atom stereocenters. The van der Waals surface area contributed by atoms with Gasteiger partial charge in [-0.05, 0) is 30.2 Å². The van der Waals surface area contributed by atoms with Crippen LogP contribution in [0.1, 0.15) is 72.1 Å². The van der Waals surface area contributed by atoms with Gasteiger partial charge in [-0.3, -0.25) is 4.79 Å². The summed E-state index contributed by atoms with van der Waals surface area (Å²) in [5, 5.41) is 0. The first-order valence-corrected chi connectivity index (χ1v) is 8.47. The maximum absolute atomic E-state index is 11.9. The molecule has 3 nitrogen and oxygen atoms in total. The zero-order valence-corrected chi connectivity index (χ0v) is 16.0. The summed E-state index contributed by atoms with van der Waals surface area (Å²) in [6.07, 6.45) is 0.298. The zero-order valence-electron chi connectivity index (χ0n) is 16.0. The Balaban J connectivity index is 3.49. The van der Waals surface area contributed by atoms with E-state index in [0.29, 0.717) is 19.6 Å². The van der Waals surface area contributed by atoms with E-state index in [1.54, 1.807) is 0 Å². The summed E-state index contributed by atoms with van der Waals surface area (Å²) in [7, 11) is 0. The molecular formula is C20H32O3. The summed E-state index contributed by atoms with van der Waals surface area (Å²) in [6.45, 7) is 17.9. The lowest BCUT2D eigenvalue weighted by atomic mass is 9.78. The number of carbonyl (C=O) groups is 1. The second-order valence-electron chi connectivity index (χ2n) is 7.93. The minimum atomic E-state index is -0.184. The third kappa shape index (κ3) is 5.26. The van der Waals surface area contributed by atoms with Crippen LogP contribution in [0.5, 0.6) is 5.75 Å². The first-order valence-electron chi connectivity index (χ1n) is 8.47. The molecule has 0 amide bonds. The number of hydrogen-bond acceptors (Lipinski definition) is 3. The second kappa shape index (κ2) is 7.37. The maximum atomic E-state index is 11.9. The van der Waals surface area contributed by atoms with Crippen LogP contribution < -0.4 is 4.74 Å². The van der Waals surface area contributed by atoms with Crippen molar-refractivity contribution in [2.45, 2.75) is 72.6 Å². The van der Waals surface area contributed by atoms with Crippen molar-refractivity contribution in [1.29, 1.82) is 0 Å². The Hall–Kier alpha value is -1.51. The molecule has 0 aliphatic carbocycles. The Morgan fingerprint density at radius 3 is 1.74 bits per heavy atom. The third-order valence-electron chi connectivity index (χ3n) is 3.71. The number of carbonyl (C=O) groups excluding carboxylic acids is 1. The lowest BCUT2D eigenvalue weighted by Crippen LogP contribution is -2.21. The number of ether oxygens (including phenoxy) is 2. The maximum Gasteiger partial charge on any atom is 0.310 e. The van der Waals surface area contributed by atoms with Crippen molar-refractivity contribution in [1.82, 2.24) is 0 Å². The van der Waals surface area contributed by atoms with Crippen LogP contribution in [0, 0.1) is 0 Å². The van der Waals surface area contributed by atoms with E-state index in [1.165, 1.54) is 0 Å². The van der Waals surface area contributed by atoms with Crippen LogP contribution in [0.15, 0.2) is 12.1 Å². The summed E-state index contributed by atoms with van der Waals surface area (Å²) in [5.41, 5.74) is 3.16. The van der Waals surface area contributed by atoms with Crippen molar-refractivity contribution >= 4 is 5.97 Å². The molecule has 1 rings (SSSR count). The van der Waals surface area contributed by atoms with E-state index in [9.17, 15) is 4.79 Å². The first kappa shape index (κ1) is 19.5. The van der Waals surface area contributed by atoms with E-state index in [2.05, 4.69) is 53.7 Å². The van der Waals surface area contributed by atoms with E-state index >= 15 is 0 Å². The number of rotatable bonds is 5. The van der Waals surface area contributed by atoms with E-state index in [1.807, 2.05) is 13.8 Å². The lowest BCUT2D eigenvalue weighted by molar-refractivity contribution is -0.142. The summed E-state index contributed by atoms with van der Waals surface area (Å²) in [4.78, 5) is 11.9. The summed E-state index contributed by atoms with van der Waals surface area (Å²) >= 11 is 0. The summed E-state index contributed by atoms with van der Waals surface area (Å²) in [6, 6.07) is 4.19. The standard InChI is InChI=1S/C20H32O3/c1-9-22-17(21)13-14-11-15(19(3,4)5)18(23-10-2)16(12-14)20(6,7)8/h11-12H,9-10,13H2,1-8H3. The highest BCUT2D eigenvalue weighted by atomic mass is 16.5. The quantitative estimate of drug-likeness (QED) is 0.732. The molecule has 3 heteroatoms. The van der Waals surface area contributed by atoms with Gasteiger partial charge >= 0.3 is 5.97 Å². The fourth-order valence-corrected chi connectivity index (χ4v) is 2.58. The predicted octanol–water partition coefficient (Wildman–Crippen LogP) is 4.79. The van der Waals surface area contributed by atoms with Crippen molar-refractivity contribution in [3.05, 3.63) is 28.8 Å². The third-order valence-corrected chi connectivity index (χ3v) is 3.71. The largest absolute Gasteiger partial charge is 0.493 e. The lowest BCUT2D eigenvalue weighted by Gasteiger charge is -2.30. The van der Waals surface area contributed by atoms with Gasteiger partial charge in [0, 0.05) is 11.1 Å². The van der Waals surface area contributed by atoms with Crippen LogP contribution in [0.4, 0.5) is 0 Å². The molecule has 0 saturated heterocycles. The van der Waals surface area contributed by atoms with Gasteiger partial charge in [0.25, 0.3) is 0 Å². The smallest absolute Gasteiger partial charge is 0.310 e. The normalized spacial score (nSPS) is 12.2. The van der Waals surface area contributed by atoms with Crippen LogP contribution in [-0.4, -0.2) is 19.2 Å². The molecule has 0 aromatic heterocycles. The van der Waals surface area contributed by atoms with Gasteiger partial charge in [0.1, 0.15) is 5.75 Å². The van der Waals surface area contributed by atoms with Crippen LogP contribution in [0.25, 0.3) is 0 Å². The fraction of sp³-hybridized carbons (Fsp3) is 0.650. The van der Waals surface area contributed by atoms with Crippen LogP contribution >= 0.6 is 0 Å². The fourth-order valence-electron chi connectivity index (χ4n) is 2.58. The van der Waals surface area contributed by atoms with Gasteiger partial charge in [-0.2, -0.15) is 0 Å². The Morgan fingerprint density at radius 1 is 0.913 bits per heavy atom. The zero-order chi connectivity index (χ0) is 17.8. The molecule has 0 fully saturated rings. The molecule has 23 heavy (non-hydrogen) atoms. The predicted molar refractivity (Wildman–Crippen MR) is 95.3 cm³/mol. The average Bonchev–Trinajstić information content (AvgIpc) is 2.38. The van der Waals surface area contributed by atoms with Gasteiger partial charge < -0.3 is 9.47 Å². The van der Waals surface area contributed by atoms with E-state index in [-0.39, 0.29) is 16.8 Å². The highest BCUT2D eigenvalue weighted by Crippen LogP contribution is 2.40. The average molecular weight is 320 g/mol. The van der Waals surface area contributed by atoms with Crippen molar-refractivity contribution in [3.63, 3.8) is 0 Å². The van der Waals surface area contributed by atoms with Gasteiger partial charge in [0.15, 0.2) is 0 Å². The van der Waals surface area contributed by atoms with E-state index in [4.69, 9.17) is 9.47 Å². The van der Waals surface area contributed by atoms with Crippen LogP contribution in [-0.2, 0) is 26.8 Å². The van der Waals surface area contributed by atoms with Crippen LogP contribution in [0.3, 0.4) is 0 Å². The molecule has 0 bridgehead atoms. The topological polar surface area (TPSA) is 35.5 Å². The first-order chi connectivity index (χ1) is 10.5. The van der Waals surface area contributed by atoms with Crippen LogP contribution in [0.2, 0.25) is 0 Å². The Kier molecular flexibility index (Phi) is 6.26. The molecule has 0 unspecified atom stereocenters. The van der Waals surface area contributed by atoms with Gasteiger partial charge in [-0.15, -0.1) is 0 Å².